The standard InChI is InChI=1S/C11H15NO2/c1-12-7-11(14-8-12)9-4-3-5-10(6-9)13-2/h3-6,11H,7-8H2,1-2H3. The molecule has 1 saturated heterocycles. The van der Waals surface area contributed by atoms with E-state index in [0.29, 0.717) is 6.73 Å². The number of nitrogens with zero attached hydrogens (tertiary/aromatic N) is 1. The predicted molar refractivity (Wildman–Crippen MR) is 54.3 cm³/mol. The van der Waals surface area contributed by atoms with E-state index in [1.807, 2.05) is 18.2 Å². The van der Waals surface area contributed by atoms with Gasteiger partial charge in [0.2, 0.25) is 0 Å². The molecule has 1 atom stereocenters. The van der Waals surface area contributed by atoms with Gasteiger partial charge in [-0.25, -0.2) is 0 Å². The fourth-order valence-electron chi connectivity index (χ4n) is 1.65. The molecule has 3 nitrogen and oxygen atoms in total. The molecule has 3 heteroatoms. The summed E-state index contributed by atoms with van der Waals surface area (Å²) in [5.41, 5.74) is 1.19. The molecule has 0 N–H and O–H groups in total. The second kappa shape index (κ2) is 3.98. The number of hydrogen-bond acceptors (Lipinski definition) is 3. The van der Waals surface area contributed by atoms with Crippen molar-refractivity contribution in [1.29, 1.82) is 0 Å². The Kier molecular flexibility index (Phi) is 2.70. The van der Waals surface area contributed by atoms with Crippen LogP contribution in [0.25, 0.3) is 0 Å². The van der Waals surface area contributed by atoms with Crippen molar-refractivity contribution in [3.05, 3.63) is 29.8 Å². The molecule has 2 rings (SSSR count). The molecule has 1 heterocycles. The van der Waals surface area contributed by atoms with E-state index in [0.717, 1.165) is 12.3 Å². The van der Waals surface area contributed by atoms with E-state index < -0.39 is 0 Å². The van der Waals surface area contributed by atoms with E-state index in [1.165, 1.54) is 5.56 Å². The normalized spacial score (nSPS) is 22.6. The summed E-state index contributed by atoms with van der Waals surface area (Å²) in [6.45, 7) is 1.66. The van der Waals surface area contributed by atoms with Crippen LogP contribution in [0.15, 0.2) is 24.3 Å². The average molecular weight is 193 g/mol. The van der Waals surface area contributed by atoms with Crippen molar-refractivity contribution >= 4 is 0 Å². The zero-order valence-corrected chi connectivity index (χ0v) is 8.56. The minimum absolute atomic E-state index is 0.190. The first-order chi connectivity index (χ1) is 6.79. The SMILES string of the molecule is COc1cccc(C2CN(C)CO2)c1. The van der Waals surface area contributed by atoms with Crippen molar-refractivity contribution < 1.29 is 9.47 Å². The van der Waals surface area contributed by atoms with Gasteiger partial charge >= 0.3 is 0 Å². The third kappa shape index (κ3) is 1.89. The lowest BCUT2D eigenvalue weighted by molar-refractivity contribution is 0.0954. The van der Waals surface area contributed by atoms with Crippen molar-refractivity contribution in [2.45, 2.75) is 6.10 Å². The highest BCUT2D eigenvalue weighted by Gasteiger charge is 2.21. The molecule has 1 aliphatic rings. The van der Waals surface area contributed by atoms with Gasteiger partial charge in [-0.2, -0.15) is 0 Å². The van der Waals surface area contributed by atoms with Gasteiger partial charge in [-0.1, -0.05) is 12.1 Å². The molecule has 0 aliphatic carbocycles. The summed E-state index contributed by atoms with van der Waals surface area (Å²) in [5, 5.41) is 0. The summed E-state index contributed by atoms with van der Waals surface area (Å²) in [6, 6.07) is 8.05. The van der Waals surface area contributed by atoms with Crippen LogP contribution in [0.5, 0.6) is 5.75 Å². The number of methoxy groups -OCH3 is 1. The Morgan fingerprint density at radius 3 is 3.00 bits per heavy atom. The van der Waals surface area contributed by atoms with Gasteiger partial charge in [0.25, 0.3) is 0 Å². The van der Waals surface area contributed by atoms with E-state index in [9.17, 15) is 0 Å². The van der Waals surface area contributed by atoms with Gasteiger partial charge in [0.15, 0.2) is 0 Å². The molecule has 1 aliphatic heterocycles. The van der Waals surface area contributed by atoms with Crippen LogP contribution >= 0.6 is 0 Å². The van der Waals surface area contributed by atoms with Crippen LogP contribution in [0.1, 0.15) is 11.7 Å². The molecule has 0 bridgehead atoms. The maximum atomic E-state index is 5.62. The maximum absolute atomic E-state index is 5.62. The van der Waals surface area contributed by atoms with Gasteiger partial charge in [-0.3, -0.25) is 4.90 Å². The van der Waals surface area contributed by atoms with Crippen molar-refractivity contribution in [1.82, 2.24) is 4.90 Å². The Hall–Kier alpha value is -1.06. The molecule has 14 heavy (non-hydrogen) atoms. The van der Waals surface area contributed by atoms with Crippen LogP contribution in [0.4, 0.5) is 0 Å². The number of likely N-dealkylation sites (N-methyl/N-ethyl adjacent to an activating group) is 1. The van der Waals surface area contributed by atoms with Crippen LogP contribution in [-0.2, 0) is 4.74 Å². The monoisotopic (exact) mass is 193 g/mol. The first-order valence-corrected chi connectivity index (χ1v) is 4.73. The molecule has 0 amide bonds. The van der Waals surface area contributed by atoms with Crippen molar-refractivity contribution in [3.8, 4) is 5.75 Å². The first-order valence-electron chi connectivity index (χ1n) is 4.73. The molecule has 1 unspecified atom stereocenters. The largest absolute Gasteiger partial charge is 0.497 e. The topological polar surface area (TPSA) is 21.7 Å². The molecule has 1 fully saturated rings. The molecule has 0 aromatic heterocycles. The molecule has 0 radical (unpaired) electrons. The highest BCUT2D eigenvalue weighted by atomic mass is 16.5. The smallest absolute Gasteiger partial charge is 0.119 e. The molecule has 76 valence electrons. The van der Waals surface area contributed by atoms with Crippen LogP contribution < -0.4 is 4.74 Å². The Bertz CT molecular complexity index is 314. The third-order valence-electron chi connectivity index (χ3n) is 2.44. The van der Waals surface area contributed by atoms with Crippen LogP contribution in [-0.4, -0.2) is 32.3 Å². The predicted octanol–water partition coefficient (Wildman–Crippen LogP) is 1.66. The minimum Gasteiger partial charge on any atom is -0.497 e. The van der Waals surface area contributed by atoms with Crippen molar-refractivity contribution in [2.24, 2.45) is 0 Å². The molecular weight excluding hydrogens is 178 g/mol. The zero-order chi connectivity index (χ0) is 9.97. The summed E-state index contributed by atoms with van der Waals surface area (Å²) in [7, 11) is 3.74. The fourth-order valence-corrected chi connectivity index (χ4v) is 1.65. The number of hydrogen-bond donors (Lipinski definition) is 0. The molecule has 0 spiro atoms. The zero-order valence-electron chi connectivity index (χ0n) is 8.56. The molecule has 0 saturated carbocycles. The lowest BCUT2D eigenvalue weighted by Crippen LogP contribution is -2.13. The van der Waals surface area contributed by atoms with Gasteiger partial charge in [-0.15, -0.1) is 0 Å². The number of benzene rings is 1. The lowest BCUT2D eigenvalue weighted by atomic mass is 10.1. The molecule has 1 aromatic carbocycles. The quantitative estimate of drug-likeness (QED) is 0.713. The lowest BCUT2D eigenvalue weighted by Gasteiger charge is -2.10. The summed E-state index contributed by atoms with van der Waals surface area (Å²) >= 11 is 0. The van der Waals surface area contributed by atoms with E-state index in [2.05, 4.69) is 18.0 Å². The second-order valence-electron chi connectivity index (χ2n) is 3.60. The van der Waals surface area contributed by atoms with E-state index in [-0.39, 0.29) is 6.10 Å². The van der Waals surface area contributed by atoms with Crippen molar-refractivity contribution in [2.75, 3.05) is 27.4 Å². The summed E-state index contributed by atoms with van der Waals surface area (Å²) in [6.07, 6.45) is 0.190. The van der Waals surface area contributed by atoms with Crippen LogP contribution in [0.2, 0.25) is 0 Å². The Morgan fingerprint density at radius 1 is 1.50 bits per heavy atom. The van der Waals surface area contributed by atoms with Crippen LogP contribution in [0.3, 0.4) is 0 Å². The fraction of sp³-hybridized carbons (Fsp3) is 0.455. The highest BCUT2D eigenvalue weighted by molar-refractivity contribution is 5.30. The minimum atomic E-state index is 0.190. The summed E-state index contributed by atoms with van der Waals surface area (Å²) in [5.74, 6) is 0.889. The highest BCUT2D eigenvalue weighted by Crippen LogP contribution is 2.26. The van der Waals surface area contributed by atoms with E-state index >= 15 is 0 Å². The Balaban J connectivity index is 2.15. The molecule has 1 aromatic rings. The van der Waals surface area contributed by atoms with Crippen LogP contribution in [0, 0.1) is 0 Å². The van der Waals surface area contributed by atoms with E-state index in [1.54, 1.807) is 7.11 Å². The Morgan fingerprint density at radius 2 is 2.36 bits per heavy atom. The number of ether oxygens (including phenoxy) is 2. The first kappa shape index (κ1) is 9.49. The van der Waals surface area contributed by atoms with Gasteiger partial charge in [0.1, 0.15) is 5.75 Å². The van der Waals surface area contributed by atoms with Gasteiger partial charge < -0.3 is 9.47 Å². The molecular formula is C11H15NO2. The maximum Gasteiger partial charge on any atom is 0.119 e. The average Bonchev–Trinajstić information content (AvgIpc) is 2.65. The van der Waals surface area contributed by atoms with E-state index in [4.69, 9.17) is 9.47 Å². The Labute approximate surface area is 84.2 Å². The third-order valence-corrected chi connectivity index (χ3v) is 2.44. The van der Waals surface area contributed by atoms with Gasteiger partial charge in [-0.05, 0) is 24.7 Å². The van der Waals surface area contributed by atoms with Gasteiger partial charge in [0, 0.05) is 6.54 Å². The summed E-state index contributed by atoms with van der Waals surface area (Å²) in [4.78, 5) is 2.16. The second-order valence-corrected chi connectivity index (χ2v) is 3.60. The van der Waals surface area contributed by atoms with Gasteiger partial charge in [0.05, 0.1) is 19.9 Å². The van der Waals surface area contributed by atoms with Crippen molar-refractivity contribution in [3.63, 3.8) is 0 Å². The summed E-state index contributed by atoms with van der Waals surface area (Å²) < 4.78 is 10.8. The number of rotatable bonds is 2.